The number of hydrogen-bond acceptors (Lipinski definition) is 2. The Morgan fingerprint density at radius 1 is 1.30 bits per heavy atom. The molecule has 2 N–H and O–H groups in total. The van der Waals surface area contributed by atoms with E-state index in [0.29, 0.717) is 35.0 Å². The van der Waals surface area contributed by atoms with Gasteiger partial charge in [-0.25, -0.2) is 0 Å². The first-order valence-corrected chi connectivity index (χ1v) is 7.09. The second-order valence-corrected chi connectivity index (χ2v) is 5.42. The first-order valence-electron chi connectivity index (χ1n) is 6.34. The predicted molar refractivity (Wildman–Crippen MR) is 79.2 cm³/mol. The van der Waals surface area contributed by atoms with Crippen molar-refractivity contribution in [1.82, 2.24) is 5.32 Å². The number of carboxylic acid groups (broad SMARTS) is 1. The van der Waals surface area contributed by atoms with Crippen LogP contribution in [0.1, 0.15) is 25.3 Å². The molecule has 1 atom stereocenters. The average molecular weight is 318 g/mol. The van der Waals surface area contributed by atoms with Crippen molar-refractivity contribution in [1.29, 1.82) is 0 Å². The normalized spacial score (nSPS) is 11.9. The lowest BCUT2D eigenvalue weighted by Crippen LogP contribution is -2.27. The maximum absolute atomic E-state index is 11.8. The molecule has 4 nitrogen and oxygen atoms in total. The first kappa shape index (κ1) is 16.8. The minimum Gasteiger partial charge on any atom is -0.481 e. The van der Waals surface area contributed by atoms with Gasteiger partial charge in [0.15, 0.2) is 0 Å². The van der Waals surface area contributed by atoms with Crippen molar-refractivity contribution in [2.45, 2.75) is 26.2 Å². The lowest BCUT2D eigenvalue weighted by Gasteiger charge is -2.09. The third-order valence-corrected chi connectivity index (χ3v) is 3.66. The van der Waals surface area contributed by atoms with Crippen molar-refractivity contribution in [3.05, 3.63) is 33.8 Å². The van der Waals surface area contributed by atoms with Gasteiger partial charge < -0.3 is 10.4 Å². The average Bonchev–Trinajstić information content (AvgIpc) is 2.38. The Bertz CT molecular complexity index is 471. The number of carbonyl (C=O) groups excluding carboxylic acids is 1. The highest BCUT2D eigenvalue weighted by Gasteiger charge is 2.12. The van der Waals surface area contributed by atoms with Gasteiger partial charge in [-0.05, 0) is 30.5 Å². The van der Waals surface area contributed by atoms with E-state index in [1.165, 1.54) is 0 Å². The summed E-state index contributed by atoms with van der Waals surface area (Å²) in [5.41, 5.74) is 0.604. The molecular weight excluding hydrogens is 301 g/mol. The molecular formula is C14H17Cl2NO3. The Morgan fingerprint density at radius 2 is 1.90 bits per heavy atom. The molecule has 1 rings (SSSR count). The van der Waals surface area contributed by atoms with Gasteiger partial charge in [0.2, 0.25) is 5.91 Å². The van der Waals surface area contributed by atoms with Gasteiger partial charge >= 0.3 is 5.97 Å². The van der Waals surface area contributed by atoms with Crippen LogP contribution < -0.4 is 5.32 Å². The summed E-state index contributed by atoms with van der Waals surface area (Å²) < 4.78 is 0. The van der Waals surface area contributed by atoms with Crippen LogP contribution in [0.4, 0.5) is 0 Å². The molecule has 1 aromatic rings. The minimum absolute atomic E-state index is 0.118. The summed E-state index contributed by atoms with van der Waals surface area (Å²) in [7, 11) is 0. The zero-order chi connectivity index (χ0) is 15.1. The number of nitrogens with one attached hydrogen (secondary N) is 1. The van der Waals surface area contributed by atoms with Gasteiger partial charge in [-0.3, -0.25) is 9.59 Å². The van der Waals surface area contributed by atoms with Crippen molar-refractivity contribution < 1.29 is 14.7 Å². The highest BCUT2D eigenvalue weighted by Crippen LogP contribution is 2.24. The molecule has 0 radical (unpaired) electrons. The Hall–Kier alpha value is -1.26. The Kier molecular flexibility index (Phi) is 6.82. The number of carboxylic acids is 1. The zero-order valence-corrected chi connectivity index (χ0v) is 12.7. The number of aliphatic carboxylic acids is 1. The minimum atomic E-state index is -0.820. The number of rotatable bonds is 7. The second-order valence-electron chi connectivity index (χ2n) is 4.61. The van der Waals surface area contributed by atoms with Crippen LogP contribution in [0.25, 0.3) is 0 Å². The molecule has 0 spiro atoms. The van der Waals surface area contributed by atoms with Crippen molar-refractivity contribution in [2.75, 3.05) is 6.54 Å². The molecule has 0 aliphatic carbocycles. The van der Waals surface area contributed by atoms with E-state index >= 15 is 0 Å². The Labute approximate surface area is 128 Å². The third kappa shape index (κ3) is 5.39. The number of carbonyl (C=O) groups is 2. The number of hydrogen-bond donors (Lipinski definition) is 2. The largest absolute Gasteiger partial charge is 0.481 e. The molecule has 0 fully saturated rings. The summed E-state index contributed by atoms with van der Waals surface area (Å²) in [6, 6.07) is 5.09. The van der Waals surface area contributed by atoms with Crippen LogP contribution in [0.3, 0.4) is 0 Å². The summed E-state index contributed by atoms with van der Waals surface area (Å²) in [5, 5.41) is 12.4. The van der Waals surface area contributed by atoms with Gasteiger partial charge in [-0.2, -0.15) is 0 Å². The van der Waals surface area contributed by atoms with Crippen molar-refractivity contribution in [3.8, 4) is 0 Å². The molecule has 1 aromatic carbocycles. The highest BCUT2D eigenvalue weighted by atomic mass is 35.5. The van der Waals surface area contributed by atoms with Gasteiger partial charge in [0.25, 0.3) is 0 Å². The summed E-state index contributed by atoms with van der Waals surface area (Å²) in [5.74, 6) is -1.40. The highest BCUT2D eigenvalue weighted by molar-refractivity contribution is 6.36. The smallest absolute Gasteiger partial charge is 0.306 e. The maximum atomic E-state index is 11.8. The molecule has 0 aromatic heterocycles. The molecule has 20 heavy (non-hydrogen) atoms. The van der Waals surface area contributed by atoms with E-state index < -0.39 is 11.9 Å². The number of benzene rings is 1. The molecule has 0 saturated carbocycles. The van der Waals surface area contributed by atoms with E-state index in [1.807, 2.05) is 0 Å². The lowest BCUT2D eigenvalue weighted by molar-refractivity contribution is -0.141. The maximum Gasteiger partial charge on any atom is 0.306 e. The summed E-state index contributed by atoms with van der Waals surface area (Å²) in [6.07, 6.45) is 1.27. The fraction of sp³-hybridized carbons (Fsp3) is 0.429. The van der Waals surface area contributed by atoms with E-state index in [1.54, 1.807) is 25.1 Å². The molecule has 0 aliphatic rings. The monoisotopic (exact) mass is 317 g/mol. The molecule has 0 aliphatic heterocycles. The van der Waals surface area contributed by atoms with Crippen LogP contribution in [-0.2, 0) is 16.0 Å². The standard InChI is InChI=1S/C14H17Cl2NO3/c1-9(14(19)20)4-3-7-17-13(18)8-10-11(15)5-2-6-12(10)16/h2,5-6,9H,3-4,7-8H2,1H3,(H,17,18)(H,19,20). The molecule has 6 heteroatoms. The van der Waals surface area contributed by atoms with Crippen LogP contribution in [0.15, 0.2) is 18.2 Å². The van der Waals surface area contributed by atoms with Crippen molar-refractivity contribution in [2.24, 2.45) is 5.92 Å². The summed E-state index contributed by atoms with van der Waals surface area (Å²) in [4.78, 5) is 22.4. The molecule has 0 bridgehead atoms. The van der Waals surface area contributed by atoms with Gasteiger partial charge in [0.1, 0.15) is 0 Å². The molecule has 1 unspecified atom stereocenters. The van der Waals surface area contributed by atoms with E-state index in [-0.39, 0.29) is 12.3 Å². The van der Waals surface area contributed by atoms with Crippen LogP contribution in [0.2, 0.25) is 10.0 Å². The van der Waals surface area contributed by atoms with Gasteiger partial charge in [-0.1, -0.05) is 36.2 Å². The molecule has 0 heterocycles. The Morgan fingerprint density at radius 3 is 2.45 bits per heavy atom. The SMILES string of the molecule is CC(CCCNC(=O)Cc1c(Cl)cccc1Cl)C(=O)O. The quantitative estimate of drug-likeness (QED) is 0.759. The van der Waals surface area contributed by atoms with Crippen LogP contribution >= 0.6 is 23.2 Å². The van der Waals surface area contributed by atoms with Gasteiger partial charge in [0.05, 0.1) is 12.3 Å². The van der Waals surface area contributed by atoms with Crippen molar-refractivity contribution >= 4 is 35.1 Å². The van der Waals surface area contributed by atoms with E-state index in [2.05, 4.69) is 5.32 Å². The fourth-order valence-corrected chi connectivity index (χ4v) is 2.21. The zero-order valence-electron chi connectivity index (χ0n) is 11.2. The number of halogens is 2. The van der Waals surface area contributed by atoms with Crippen LogP contribution in [0, 0.1) is 5.92 Å². The van der Waals surface area contributed by atoms with Crippen molar-refractivity contribution in [3.63, 3.8) is 0 Å². The second kappa shape index (κ2) is 8.12. The molecule has 0 saturated heterocycles. The molecule has 110 valence electrons. The Balaban J connectivity index is 2.36. The topological polar surface area (TPSA) is 66.4 Å². The summed E-state index contributed by atoms with van der Waals surface area (Å²) >= 11 is 12.0. The molecule has 1 amide bonds. The van der Waals surface area contributed by atoms with E-state index in [4.69, 9.17) is 28.3 Å². The summed E-state index contributed by atoms with van der Waals surface area (Å²) in [6.45, 7) is 2.09. The fourth-order valence-electron chi connectivity index (χ4n) is 1.68. The third-order valence-electron chi connectivity index (χ3n) is 2.96. The van der Waals surface area contributed by atoms with E-state index in [9.17, 15) is 9.59 Å². The van der Waals surface area contributed by atoms with E-state index in [0.717, 1.165) is 0 Å². The van der Waals surface area contributed by atoms with Gasteiger partial charge in [-0.15, -0.1) is 0 Å². The van der Waals surface area contributed by atoms with Crippen LogP contribution in [0.5, 0.6) is 0 Å². The number of amides is 1. The lowest BCUT2D eigenvalue weighted by atomic mass is 10.1. The predicted octanol–water partition coefficient (Wildman–Crippen LogP) is 3.15. The van der Waals surface area contributed by atoms with Crippen LogP contribution in [-0.4, -0.2) is 23.5 Å². The van der Waals surface area contributed by atoms with Gasteiger partial charge in [0, 0.05) is 16.6 Å². The first-order chi connectivity index (χ1) is 9.41.